The van der Waals surface area contributed by atoms with Crippen molar-refractivity contribution in [1.29, 1.82) is 0 Å². The number of ether oxygens (including phenoxy) is 1. The first-order valence-corrected chi connectivity index (χ1v) is 13.3. The van der Waals surface area contributed by atoms with Gasteiger partial charge in [-0.3, -0.25) is 4.79 Å². The molecule has 0 radical (unpaired) electrons. The van der Waals surface area contributed by atoms with Gasteiger partial charge in [-0.15, -0.1) is 10.2 Å². The molecule has 3 saturated heterocycles. The van der Waals surface area contributed by atoms with E-state index in [2.05, 4.69) is 20.4 Å². The van der Waals surface area contributed by atoms with Crippen LogP contribution in [0.3, 0.4) is 0 Å². The molecule has 1 aromatic heterocycles. The minimum Gasteiger partial charge on any atom is -0.381 e. The highest BCUT2D eigenvalue weighted by molar-refractivity contribution is 5.96. The van der Waals surface area contributed by atoms with Crippen molar-refractivity contribution in [3.63, 3.8) is 0 Å². The summed E-state index contributed by atoms with van der Waals surface area (Å²) in [5, 5.41) is 11.7. The molecule has 6 rings (SSSR count). The van der Waals surface area contributed by atoms with E-state index in [-0.39, 0.29) is 22.9 Å². The molecule has 2 unspecified atom stereocenters. The van der Waals surface area contributed by atoms with E-state index in [0.29, 0.717) is 17.7 Å². The molecule has 1 aromatic carbocycles. The van der Waals surface area contributed by atoms with E-state index in [9.17, 15) is 22.4 Å². The van der Waals surface area contributed by atoms with Crippen molar-refractivity contribution in [3.8, 4) is 11.3 Å². The van der Waals surface area contributed by atoms with Crippen LogP contribution < -0.4 is 5.32 Å². The Labute approximate surface area is 218 Å². The van der Waals surface area contributed by atoms with Gasteiger partial charge in [-0.25, -0.2) is 17.6 Å². The van der Waals surface area contributed by atoms with Crippen molar-refractivity contribution in [2.75, 3.05) is 51.3 Å². The lowest BCUT2D eigenvalue weighted by Crippen LogP contribution is -2.58. The molecule has 7 nitrogen and oxygen atoms in total. The molecule has 0 bridgehead atoms. The highest BCUT2D eigenvalue weighted by Crippen LogP contribution is 2.40. The van der Waals surface area contributed by atoms with Gasteiger partial charge < -0.3 is 19.9 Å². The van der Waals surface area contributed by atoms with E-state index < -0.39 is 36.6 Å². The lowest BCUT2D eigenvalue weighted by atomic mass is 10.00. The number of hydrogen-bond donors (Lipinski definition) is 1. The first kappa shape index (κ1) is 25.5. The number of likely N-dealkylation sites (tertiary alicyclic amines) is 2. The number of carbonyl (C=O) groups is 1. The fourth-order valence-electron chi connectivity index (χ4n) is 6.46. The third-order valence-electron chi connectivity index (χ3n) is 8.38. The summed E-state index contributed by atoms with van der Waals surface area (Å²) >= 11 is 0. The quantitative estimate of drug-likeness (QED) is 0.565. The number of benzene rings is 1. The van der Waals surface area contributed by atoms with Crippen LogP contribution in [-0.4, -0.2) is 83.8 Å². The van der Waals surface area contributed by atoms with Gasteiger partial charge in [-0.05, 0) is 67.7 Å². The van der Waals surface area contributed by atoms with Gasteiger partial charge in [-0.1, -0.05) is 0 Å². The average molecular weight is 534 g/mol. The number of alkyl halides is 2. The van der Waals surface area contributed by atoms with Crippen LogP contribution in [0.25, 0.3) is 11.3 Å². The number of rotatable bonds is 6. The Hall–Kier alpha value is -2.79. The van der Waals surface area contributed by atoms with Gasteiger partial charge in [0, 0.05) is 50.0 Å². The number of aromatic nitrogens is 2. The highest BCUT2D eigenvalue weighted by Gasteiger charge is 2.46. The number of carbonyl (C=O) groups excluding carboxylic acids is 1. The molecule has 1 amide bonds. The van der Waals surface area contributed by atoms with Crippen LogP contribution >= 0.6 is 0 Å². The molecule has 38 heavy (non-hydrogen) atoms. The maximum atomic E-state index is 14.6. The second-order valence-electron chi connectivity index (χ2n) is 11.2. The van der Waals surface area contributed by atoms with E-state index in [1.54, 1.807) is 6.07 Å². The normalized spacial score (nSPS) is 27.3. The van der Waals surface area contributed by atoms with E-state index in [0.717, 1.165) is 81.5 Å². The molecule has 204 valence electrons. The van der Waals surface area contributed by atoms with E-state index in [1.807, 2.05) is 0 Å². The fraction of sp³-hybridized carbons (Fsp3) is 0.593. The summed E-state index contributed by atoms with van der Waals surface area (Å²) < 4.78 is 60.6. The van der Waals surface area contributed by atoms with Crippen LogP contribution in [-0.2, 0) is 4.74 Å². The van der Waals surface area contributed by atoms with Gasteiger partial charge in [0.25, 0.3) is 11.8 Å². The zero-order valence-corrected chi connectivity index (χ0v) is 21.0. The molecule has 11 heteroatoms. The minimum absolute atomic E-state index is 0.0579. The summed E-state index contributed by atoms with van der Waals surface area (Å²) in [4.78, 5) is 16.0. The Balaban J connectivity index is 1.06. The van der Waals surface area contributed by atoms with Gasteiger partial charge in [0.05, 0.1) is 18.8 Å². The summed E-state index contributed by atoms with van der Waals surface area (Å²) in [5.41, 5.74) is -0.385. The molecule has 1 N–H and O–H groups in total. The maximum Gasteiger partial charge on any atom is 0.282 e. The third-order valence-corrected chi connectivity index (χ3v) is 8.38. The van der Waals surface area contributed by atoms with Crippen molar-refractivity contribution in [3.05, 3.63) is 41.5 Å². The Morgan fingerprint density at radius 1 is 1.05 bits per heavy atom. The van der Waals surface area contributed by atoms with E-state index in [1.165, 1.54) is 6.07 Å². The van der Waals surface area contributed by atoms with E-state index >= 15 is 0 Å². The zero-order chi connectivity index (χ0) is 26.4. The molecule has 2 aromatic rings. The summed E-state index contributed by atoms with van der Waals surface area (Å²) in [5.74, 6) is -3.54. The molecule has 4 heterocycles. The lowest BCUT2D eigenvalue weighted by molar-refractivity contribution is -0.113. The molecule has 3 atom stereocenters. The Kier molecular flexibility index (Phi) is 6.75. The van der Waals surface area contributed by atoms with Crippen LogP contribution in [0.5, 0.6) is 0 Å². The van der Waals surface area contributed by atoms with Gasteiger partial charge in [0.2, 0.25) is 0 Å². The summed E-state index contributed by atoms with van der Waals surface area (Å²) in [6.07, 6.45) is 4.41. The Morgan fingerprint density at radius 2 is 1.76 bits per heavy atom. The third kappa shape index (κ3) is 5.22. The van der Waals surface area contributed by atoms with Crippen molar-refractivity contribution in [2.45, 2.75) is 37.6 Å². The van der Waals surface area contributed by atoms with Gasteiger partial charge in [0.15, 0.2) is 11.6 Å². The predicted octanol–water partition coefficient (Wildman–Crippen LogP) is 4.06. The summed E-state index contributed by atoms with van der Waals surface area (Å²) in [6, 6.07) is 5.32. The highest BCUT2D eigenvalue weighted by atomic mass is 19.3. The zero-order valence-electron chi connectivity index (χ0n) is 21.0. The molecular formula is C27H31F4N5O2. The Morgan fingerprint density at radius 3 is 2.39 bits per heavy atom. The molecule has 0 spiro atoms. The van der Waals surface area contributed by atoms with Crippen LogP contribution in [0.2, 0.25) is 0 Å². The minimum atomic E-state index is -2.95. The topological polar surface area (TPSA) is 70.6 Å². The molecule has 3 aliphatic heterocycles. The molecule has 4 aliphatic rings. The van der Waals surface area contributed by atoms with Crippen LogP contribution in [0.1, 0.15) is 36.0 Å². The number of hydrogen-bond acceptors (Lipinski definition) is 6. The molecule has 1 aliphatic carbocycles. The first-order chi connectivity index (χ1) is 18.2. The van der Waals surface area contributed by atoms with Gasteiger partial charge in [0.1, 0.15) is 5.82 Å². The number of nitrogens with zero attached hydrogens (tertiary/aromatic N) is 4. The van der Waals surface area contributed by atoms with Crippen LogP contribution in [0.15, 0.2) is 24.3 Å². The van der Waals surface area contributed by atoms with Crippen molar-refractivity contribution >= 4 is 11.7 Å². The monoisotopic (exact) mass is 533 g/mol. The van der Waals surface area contributed by atoms with Crippen LogP contribution in [0, 0.1) is 29.4 Å². The molecule has 1 saturated carbocycles. The van der Waals surface area contributed by atoms with Gasteiger partial charge in [-0.2, -0.15) is 0 Å². The predicted molar refractivity (Wildman–Crippen MR) is 132 cm³/mol. The molecule has 4 fully saturated rings. The fourth-order valence-corrected chi connectivity index (χ4v) is 6.46. The van der Waals surface area contributed by atoms with Crippen molar-refractivity contribution < 1.29 is 27.1 Å². The standard InChI is InChI=1S/C27H31F4N5O2/c28-22-10-17(26(37)36-14-27(30,31)15-36)9-21(25(22)29)23-1-2-24(34-33-23)32-20-7-18-12-35(13-19(18)8-20)11-16-3-5-38-6-4-16/h1-2,9-10,16,18-20H,3-8,11-15H2,(H,32,34)/t18-,19?,20?/m1/s1. The maximum absolute atomic E-state index is 14.6. The summed E-state index contributed by atoms with van der Waals surface area (Å²) in [7, 11) is 0. The second kappa shape index (κ2) is 10.1. The lowest BCUT2D eigenvalue weighted by Gasteiger charge is -2.38. The number of halogens is 4. The largest absolute Gasteiger partial charge is 0.381 e. The van der Waals surface area contributed by atoms with Crippen LogP contribution in [0.4, 0.5) is 23.4 Å². The number of amides is 1. The van der Waals surface area contributed by atoms with E-state index in [4.69, 9.17) is 4.74 Å². The average Bonchev–Trinajstić information content (AvgIpc) is 3.42. The second-order valence-corrected chi connectivity index (χ2v) is 11.2. The number of nitrogens with one attached hydrogen (secondary N) is 1. The van der Waals surface area contributed by atoms with Gasteiger partial charge >= 0.3 is 0 Å². The molecular weight excluding hydrogens is 502 g/mol. The Bertz CT molecular complexity index is 1170. The summed E-state index contributed by atoms with van der Waals surface area (Å²) in [6.45, 7) is 3.69. The smallest absolute Gasteiger partial charge is 0.282 e. The first-order valence-electron chi connectivity index (χ1n) is 13.3. The van der Waals surface area contributed by atoms with Crippen molar-refractivity contribution in [1.82, 2.24) is 20.0 Å². The van der Waals surface area contributed by atoms with Crippen molar-refractivity contribution in [2.24, 2.45) is 17.8 Å². The number of anilines is 1. The SMILES string of the molecule is O=C(c1cc(F)c(F)c(-c2ccc(NC3CC4CN(CC5CCOCC5)C[C@H]4C3)nn2)c1)N1CC(F)(F)C1. The number of fused-ring (bicyclic) bond motifs is 1.